The first kappa shape index (κ1) is 16.5. The molecule has 1 saturated carbocycles. The predicted octanol–water partition coefficient (Wildman–Crippen LogP) is 4.06. The minimum Gasteiger partial charge on any atom is -0.308 e. The third-order valence-electron chi connectivity index (χ3n) is 6.41. The lowest BCUT2D eigenvalue weighted by Gasteiger charge is -2.41. The molecule has 3 aliphatic carbocycles. The Bertz CT molecular complexity index is 983. The van der Waals surface area contributed by atoms with E-state index in [2.05, 4.69) is 27.3 Å². The number of hydrogen-bond acceptors (Lipinski definition) is 4. The van der Waals surface area contributed by atoms with Crippen LogP contribution in [0.4, 0.5) is 8.78 Å². The number of nitrogens with zero attached hydrogens (tertiary/aromatic N) is 5. The summed E-state index contributed by atoms with van der Waals surface area (Å²) >= 11 is 0. The van der Waals surface area contributed by atoms with Crippen LogP contribution in [-0.2, 0) is 5.54 Å². The average molecular weight is 367 g/mol. The lowest BCUT2D eigenvalue weighted by atomic mass is 9.72. The smallest absolute Gasteiger partial charge is 0.135 e. The fourth-order valence-corrected chi connectivity index (χ4v) is 4.97. The zero-order chi connectivity index (χ0) is 18.6. The van der Waals surface area contributed by atoms with Crippen LogP contribution in [0.5, 0.6) is 0 Å². The quantitative estimate of drug-likeness (QED) is 0.685. The first-order valence-corrected chi connectivity index (χ1v) is 9.29. The third kappa shape index (κ3) is 2.27. The monoisotopic (exact) mass is 367 g/mol. The number of fused-ring (bicyclic) bond motifs is 3. The van der Waals surface area contributed by atoms with Gasteiger partial charge >= 0.3 is 0 Å². The summed E-state index contributed by atoms with van der Waals surface area (Å²) in [5, 5.41) is 16.8. The van der Waals surface area contributed by atoms with Crippen molar-refractivity contribution in [2.24, 2.45) is 5.92 Å². The van der Waals surface area contributed by atoms with Crippen LogP contribution >= 0.6 is 0 Å². The highest BCUT2D eigenvalue weighted by atomic mass is 19.1. The molecule has 1 fully saturated rings. The Morgan fingerprint density at radius 2 is 1.78 bits per heavy atom. The first-order chi connectivity index (χ1) is 13.1. The van der Waals surface area contributed by atoms with Crippen LogP contribution in [0.1, 0.15) is 49.8 Å². The normalized spacial score (nSPS) is 26.6. The van der Waals surface area contributed by atoms with Crippen LogP contribution < -0.4 is 0 Å². The van der Waals surface area contributed by atoms with E-state index in [1.54, 1.807) is 12.7 Å². The van der Waals surface area contributed by atoms with Crippen molar-refractivity contribution in [3.8, 4) is 11.3 Å². The molecule has 138 valence electrons. The first-order valence-electron chi connectivity index (χ1n) is 9.29. The number of rotatable bonds is 2. The van der Waals surface area contributed by atoms with Crippen LogP contribution in [0.15, 0.2) is 36.9 Å². The molecule has 0 spiro atoms. The third-order valence-corrected chi connectivity index (χ3v) is 6.41. The van der Waals surface area contributed by atoms with Gasteiger partial charge in [0.25, 0.3) is 0 Å². The van der Waals surface area contributed by atoms with Crippen molar-refractivity contribution in [1.82, 2.24) is 25.0 Å². The Hall–Kier alpha value is -2.70. The summed E-state index contributed by atoms with van der Waals surface area (Å²) in [5.74, 6) is -0.571. The SMILES string of the molecule is CC1CC[C@H]2CC[C@]1(n1cnnc1)c1nnc(-c3c(F)cccc3F)cc12. The fourth-order valence-electron chi connectivity index (χ4n) is 4.97. The van der Waals surface area contributed by atoms with Crippen molar-refractivity contribution >= 4 is 0 Å². The largest absolute Gasteiger partial charge is 0.308 e. The Morgan fingerprint density at radius 3 is 2.52 bits per heavy atom. The fraction of sp³-hybridized carbons (Fsp3) is 0.400. The molecule has 1 unspecified atom stereocenters. The van der Waals surface area contributed by atoms with E-state index in [1.807, 2.05) is 10.6 Å². The molecule has 0 aliphatic heterocycles. The van der Waals surface area contributed by atoms with Gasteiger partial charge < -0.3 is 4.57 Å². The van der Waals surface area contributed by atoms with Crippen LogP contribution in [0.2, 0.25) is 0 Å². The Kier molecular flexibility index (Phi) is 3.60. The van der Waals surface area contributed by atoms with Crippen LogP contribution in [-0.4, -0.2) is 25.0 Å². The van der Waals surface area contributed by atoms with E-state index in [0.717, 1.165) is 36.9 Å². The number of benzene rings is 1. The van der Waals surface area contributed by atoms with Gasteiger partial charge in [-0.2, -0.15) is 5.10 Å². The lowest BCUT2D eigenvalue weighted by Crippen LogP contribution is -2.43. The zero-order valence-corrected chi connectivity index (χ0v) is 14.9. The summed E-state index contributed by atoms with van der Waals surface area (Å²) < 4.78 is 30.6. The van der Waals surface area contributed by atoms with Gasteiger partial charge in [-0.3, -0.25) is 0 Å². The topological polar surface area (TPSA) is 56.5 Å². The molecule has 3 aromatic rings. The van der Waals surface area contributed by atoms with Gasteiger partial charge in [-0.25, -0.2) is 8.78 Å². The van der Waals surface area contributed by atoms with Crippen molar-refractivity contribution in [1.29, 1.82) is 0 Å². The molecule has 0 N–H and O–H groups in total. The summed E-state index contributed by atoms with van der Waals surface area (Å²) in [5.41, 5.74) is 1.73. The highest BCUT2D eigenvalue weighted by molar-refractivity contribution is 5.62. The van der Waals surface area contributed by atoms with Crippen LogP contribution in [0, 0.1) is 17.6 Å². The van der Waals surface area contributed by atoms with Crippen molar-refractivity contribution in [2.45, 2.75) is 44.1 Å². The summed E-state index contributed by atoms with van der Waals surface area (Å²) in [6.07, 6.45) is 7.48. The molecule has 2 aromatic heterocycles. The zero-order valence-electron chi connectivity index (χ0n) is 14.9. The maximum absolute atomic E-state index is 14.3. The number of hydrogen-bond donors (Lipinski definition) is 0. The molecular weight excluding hydrogens is 348 g/mol. The molecule has 5 nitrogen and oxygen atoms in total. The average Bonchev–Trinajstić information content (AvgIpc) is 3.12. The molecule has 0 radical (unpaired) electrons. The van der Waals surface area contributed by atoms with Gasteiger partial charge in [0.1, 0.15) is 24.3 Å². The summed E-state index contributed by atoms with van der Waals surface area (Å²) in [6, 6.07) is 5.69. The highest BCUT2D eigenvalue weighted by Gasteiger charge is 2.49. The van der Waals surface area contributed by atoms with E-state index >= 15 is 0 Å². The van der Waals surface area contributed by atoms with Gasteiger partial charge in [0.2, 0.25) is 0 Å². The minimum atomic E-state index is -0.620. The minimum absolute atomic E-state index is 0.112. The maximum Gasteiger partial charge on any atom is 0.135 e. The second kappa shape index (κ2) is 5.90. The van der Waals surface area contributed by atoms with Gasteiger partial charge in [0.05, 0.1) is 22.5 Å². The summed E-state index contributed by atoms with van der Waals surface area (Å²) in [6.45, 7) is 2.23. The van der Waals surface area contributed by atoms with Gasteiger partial charge in [0.15, 0.2) is 0 Å². The summed E-state index contributed by atoms with van der Waals surface area (Å²) in [4.78, 5) is 0. The Balaban J connectivity index is 1.74. The van der Waals surface area contributed by atoms with Crippen molar-refractivity contribution in [3.63, 3.8) is 0 Å². The summed E-state index contributed by atoms with van der Waals surface area (Å²) in [7, 11) is 0. The molecule has 0 amide bonds. The van der Waals surface area contributed by atoms with Gasteiger partial charge in [-0.1, -0.05) is 13.0 Å². The molecule has 7 heteroatoms. The van der Waals surface area contributed by atoms with Gasteiger partial charge in [-0.15, -0.1) is 15.3 Å². The van der Waals surface area contributed by atoms with E-state index in [0.29, 0.717) is 11.8 Å². The molecule has 0 saturated heterocycles. The van der Waals surface area contributed by atoms with E-state index in [-0.39, 0.29) is 16.8 Å². The van der Waals surface area contributed by atoms with Gasteiger partial charge in [0, 0.05) is 0 Å². The maximum atomic E-state index is 14.3. The van der Waals surface area contributed by atoms with E-state index < -0.39 is 11.6 Å². The molecule has 2 bridgehead atoms. The molecule has 6 rings (SSSR count). The molecule has 2 heterocycles. The van der Waals surface area contributed by atoms with E-state index in [1.165, 1.54) is 18.2 Å². The molecule has 1 aromatic carbocycles. The van der Waals surface area contributed by atoms with Gasteiger partial charge in [-0.05, 0) is 61.3 Å². The Labute approximate surface area is 155 Å². The molecular formula is C20H19F2N5. The van der Waals surface area contributed by atoms with Crippen molar-refractivity contribution < 1.29 is 8.78 Å². The van der Waals surface area contributed by atoms with Crippen molar-refractivity contribution in [2.75, 3.05) is 0 Å². The Morgan fingerprint density at radius 1 is 1.04 bits per heavy atom. The molecule has 3 aliphatic rings. The second-order valence-corrected chi connectivity index (χ2v) is 7.64. The number of aromatic nitrogens is 5. The van der Waals surface area contributed by atoms with E-state index in [9.17, 15) is 8.78 Å². The highest BCUT2D eigenvalue weighted by Crippen LogP contribution is 2.53. The standard InChI is InChI=1S/C20H19F2N5/c1-12-5-6-13-7-8-20(12,27-10-23-24-11-27)19-14(13)9-17(25-26-19)18-15(21)3-2-4-16(18)22/h2-4,9-13H,5-8H2,1H3/t12?,13-,20+/m0/s1. The van der Waals surface area contributed by atoms with E-state index in [4.69, 9.17) is 0 Å². The lowest BCUT2D eigenvalue weighted by molar-refractivity contribution is 0.203. The predicted molar refractivity (Wildman–Crippen MR) is 94.9 cm³/mol. The molecule has 3 atom stereocenters. The van der Waals surface area contributed by atoms with Crippen LogP contribution in [0.25, 0.3) is 11.3 Å². The second-order valence-electron chi connectivity index (χ2n) is 7.64. The van der Waals surface area contributed by atoms with Crippen LogP contribution in [0.3, 0.4) is 0 Å². The number of halogens is 2. The van der Waals surface area contributed by atoms with Crippen molar-refractivity contribution in [3.05, 3.63) is 59.8 Å². The molecule has 27 heavy (non-hydrogen) atoms.